The lowest BCUT2D eigenvalue weighted by Gasteiger charge is -2.12. The van der Waals surface area contributed by atoms with Crippen molar-refractivity contribution in [2.24, 2.45) is 0 Å². The lowest BCUT2D eigenvalue weighted by molar-refractivity contribution is -0.137. The molecule has 0 unspecified atom stereocenters. The SMILES string of the molecule is Cc1cccnc1CNc1cc(Cl)cc(C(F)(F)F)c1. The van der Waals surface area contributed by atoms with Gasteiger partial charge in [0.1, 0.15) is 0 Å². The molecule has 2 nitrogen and oxygen atoms in total. The predicted molar refractivity (Wildman–Crippen MR) is 72.8 cm³/mol. The standard InChI is InChI=1S/C14H12ClF3N2/c1-9-3-2-4-19-13(9)8-20-12-6-10(14(16,17)18)5-11(15)7-12/h2-7,20H,8H2,1H3. The van der Waals surface area contributed by atoms with Crippen molar-refractivity contribution in [2.75, 3.05) is 5.32 Å². The first-order valence-electron chi connectivity index (χ1n) is 5.88. The number of rotatable bonds is 3. The number of aromatic nitrogens is 1. The van der Waals surface area contributed by atoms with E-state index in [-0.39, 0.29) is 5.02 Å². The molecule has 1 aromatic heterocycles. The van der Waals surface area contributed by atoms with Crippen LogP contribution in [0.15, 0.2) is 36.5 Å². The van der Waals surface area contributed by atoms with E-state index >= 15 is 0 Å². The van der Waals surface area contributed by atoms with Gasteiger partial charge in [0.05, 0.1) is 17.8 Å². The Kier molecular flexibility index (Phi) is 4.18. The fourth-order valence-electron chi connectivity index (χ4n) is 1.74. The van der Waals surface area contributed by atoms with Gasteiger partial charge in [-0.25, -0.2) is 0 Å². The lowest BCUT2D eigenvalue weighted by atomic mass is 10.2. The number of nitrogens with zero attached hydrogens (tertiary/aromatic N) is 1. The fraction of sp³-hybridized carbons (Fsp3) is 0.214. The second kappa shape index (κ2) is 5.71. The van der Waals surface area contributed by atoms with Crippen LogP contribution in [0.1, 0.15) is 16.8 Å². The molecule has 1 N–H and O–H groups in total. The maximum atomic E-state index is 12.7. The molecule has 0 saturated carbocycles. The molecule has 0 saturated heterocycles. The fourth-order valence-corrected chi connectivity index (χ4v) is 1.98. The van der Waals surface area contributed by atoms with E-state index in [2.05, 4.69) is 10.3 Å². The van der Waals surface area contributed by atoms with Crippen LogP contribution < -0.4 is 5.32 Å². The van der Waals surface area contributed by atoms with E-state index in [9.17, 15) is 13.2 Å². The summed E-state index contributed by atoms with van der Waals surface area (Å²) in [6, 6.07) is 7.08. The Morgan fingerprint density at radius 1 is 1.25 bits per heavy atom. The van der Waals surface area contributed by atoms with Gasteiger partial charge in [-0.15, -0.1) is 0 Å². The molecule has 0 fully saturated rings. The van der Waals surface area contributed by atoms with Gasteiger partial charge in [0.25, 0.3) is 0 Å². The number of nitrogens with one attached hydrogen (secondary N) is 1. The third-order valence-electron chi connectivity index (χ3n) is 2.80. The smallest absolute Gasteiger partial charge is 0.379 e. The number of aryl methyl sites for hydroxylation is 1. The summed E-state index contributed by atoms with van der Waals surface area (Å²) in [6.07, 6.45) is -2.77. The van der Waals surface area contributed by atoms with Crippen molar-refractivity contribution in [1.29, 1.82) is 0 Å². The molecule has 6 heteroatoms. The van der Waals surface area contributed by atoms with Crippen molar-refractivity contribution in [3.8, 4) is 0 Å². The molecular weight excluding hydrogens is 289 g/mol. The molecule has 2 rings (SSSR count). The number of hydrogen-bond donors (Lipinski definition) is 1. The third-order valence-corrected chi connectivity index (χ3v) is 3.02. The number of alkyl halides is 3. The van der Waals surface area contributed by atoms with Gasteiger partial charge in [0.15, 0.2) is 0 Å². The number of halogens is 4. The topological polar surface area (TPSA) is 24.9 Å². The molecule has 20 heavy (non-hydrogen) atoms. The highest BCUT2D eigenvalue weighted by molar-refractivity contribution is 6.30. The van der Waals surface area contributed by atoms with Gasteiger partial charge in [-0.2, -0.15) is 13.2 Å². The van der Waals surface area contributed by atoms with E-state index in [0.29, 0.717) is 12.2 Å². The van der Waals surface area contributed by atoms with E-state index < -0.39 is 11.7 Å². The van der Waals surface area contributed by atoms with Crippen LogP contribution in [0.3, 0.4) is 0 Å². The maximum absolute atomic E-state index is 12.7. The first-order valence-corrected chi connectivity index (χ1v) is 6.26. The second-order valence-corrected chi connectivity index (χ2v) is 4.78. The van der Waals surface area contributed by atoms with Crippen molar-refractivity contribution >= 4 is 17.3 Å². The summed E-state index contributed by atoms with van der Waals surface area (Å²) in [7, 11) is 0. The zero-order valence-electron chi connectivity index (χ0n) is 10.6. The number of benzene rings is 1. The van der Waals surface area contributed by atoms with Crippen LogP contribution in [0.25, 0.3) is 0 Å². The third kappa shape index (κ3) is 3.63. The quantitative estimate of drug-likeness (QED) is 0.890. The van der Waals surface area contributed by atoms with Gasteiger partial charge in [-0.3, -0.25) is 4.98 Å². The summed E-state index contributed by atoms with van der Waals surface area (Å²) < 4.78 is 38.0. The van der Waals surface area contributed by atoms with Crippen LogP contribution in [-0.4, -0.2) is 4.98 Å². The van der Waals surface area contributed by atoms with Crippen LogP contribution in [0.4, 0.5) is 18.9 Å². The summed E-state index contributed by atoms with van der Waals surface area (Å²) in [6.45, 7) is 2.23. The Hall–Kier alpha value is -1.75. The van der Waals surface area contributed by atoms with Gasteiger partial charge in [0.2, 0.25) is 0 Å². The number of hydrogen-bond acceptors (Lipinski definition) is 2. The van der Waals surface area contributed by atoms with E-state index in [1.165, 1.54) is 6.07 Å². The zero-order valence-corrected chi connectivity index (χ0v) is 11.4. The predicted octanol–water partition coefficient (Wildman–Crippen LogP) is 4.67. The van der Waals surface area contributed by atoms with Gasteiger partial charge in [0, 0.05) is 16.9 Å². The van der Waals surface area contributed by atoms with Crippen LogP contribution in [-0.2, 0) is 12.7 Å². The van der Waals surface area contributed by atoms with Gasteiger partial charge in [-0.05, 0) is 36.8 Å². The molecule has 1 heterocycles. The minimum atomic E-state index is -4.41. The molecule has 106 valence electrons. The Morgan fingerprint density at radius 3 is 2.65 bits per heavy atom. The summed E-state index contributed by atoms with van der Waals surface area (Å²) in [5.74, 6) is 0. The average molecular weight is 301 g/mol. The minimum Gasteiger partial charge on any atom is -0.379 e. The van der Waals surface area contributed by atoms with Crippen molar-refractivity contribution in [2.45, 2.75) is 19.6 Å². The van der Waals surface area contributed by atoms with E-state index in [1.807, 2.05) is 13.0 Å². The average Bonchev–Trinajstić information content (AvgIpc) is 2.36. The molecule has 0 aliphatic heterocycles. The van der Waals surface area contributed by atoms with Gasteiger partial charge >= 0.3 is 6.18 Å². The molecular formula is C14H12ClF3N2. The van der Waals surface area contributed by atoms with E-state index in [1.54, 1.807) is 12.3 Å². The second-order valence-electron chi connectivity index (χ2n) is 4.35. The van der Waals surface area contributed by atoms with Crippen LogP contribution in [0, 0.1) is 6.92 Å². The Labute approximate surface area is 119 Å². The molecule has 0 bridgehead atoms. The Bertz CT molecular complexity index is 612. The molecule has 2 aromatic rings. The van der Waals surface area contributed by atoms with Crippen molar-refractivity contribution < 1.29 is 13.2 Å². The summed E-state index contributed by atoms with van der Waals surface area (Å²) >= 11 is 5.71. The van der Waals surface area contributed by atoms with E-state index in [0.717, 1.165) is 23.4 Å². The summed E-state index contributed by atoms with van der Waals surface area (Å²) in [5, 5.41) is 2.95. The number of anilines is 1. The minimum absolute atomic E-state index is 0.0417. The molecule has 1 aromatic carbocycles. The highest BCUT2D eigenvalue weighted by Gasteiger charge is 2.31. The van der Waals surface area contributed by atoms with Crippen molar-refractivity contribution in [3.05, 3.63) is 58.4 Å². The van der Waals surface area contributed by atoms with Crippen LogP contribution in [0.5, 0.6) is 0 Å². The van der Waals surface area contributed by atoms with Crippen LogP contribution in [0.2, 0.25) is 5.02 Å². The molecule has 0 aliphatic rings. The van der Waals surface area contributed by atoms with Crippen LogP contribution >= 0.6 is 11.6 Å². The molecule has 0 aliphatic carbocycles. The normalized spacial score (nSPS) is 11.4. The zero-order chi connectivity index (χ0) is 14.8. The van der Waals surface area contributed by atoms with Crippen molar-refractivity contribution in [3.63, 3.8) is 0 Å². The highest BCUT2D eigenvalue weighted by atomic mass is 35.5. The molecule has 0 radical (unpaired) electrons. The molecule has 0 amide bonds. The largest absolute Gasteiger partial charge is 0.416 e. The monoisotopic (exact) mass is 300 g/mol. The first kappa shape index (κ1) is 14.7. The van der Waals surface area contributed by atoms with E-state index in [4.69, 9.17) is 11.6 Å². The highest BCUT2D eigenvalue weighted by Crippen LogP contribution is 2.33. The summed E-state index contributed by atoms with van der Waals surface area (Å²) in [5.41, 5.74) is 1.29. The van der Waals surface area contributed by atoms with Crippen molar-refractivity contribution in [1.82, 2.24) is 4.98 Å². The molecule has 0 atom stereocenters. The van der Waals surface area contributed by atoms with Gasteiger partial charge in [-0.1, -0.05) is 17.7 Å². The summed E-state index contributed by atoms with van der Waals surface area (Å²) in [4.78, 5) is 4.17. The maximum Gasteiger partial charge on any atom is 0.416 e. The lowest BCUT2D eigenvalue weighted by Crippen LogP contribution is -2.07. The van der Waals surface area contributed by atoms with Gasteiger partial charge < -0.3 is 5.32 Å². The number of pyridine rings is 1. The Morgan fingerprint density at radius 2 is 2.00 bits per heavy atom. The first-order chi connectivity index (χ1) is 9.36. The molecule has 0 spiro atoms. The Balaban J connectivity index is 2.18.